The van der Waals surface area contributed by atoms with Crippen LogP contribution in [0.2, 0.25) is 0 Å². The van der Waals surface area contributed by atoms with Gasteiger partial charge in [0.25, 0.3) is 0 Å². The Morgan fingerprint density at radius 2 is 1.50 bits per heavy atom. The van der Waals surface area contributed by atoms with Crippen molar-refractivity contribution in [1.29, 1.82) is 0 Å². The van der Waals surface area contributed by atoms with Crippen LogP contribution in [0, 0.1) is 11.8 Å². The molecule has 1 aliphatic carbocycles. The summed E-state index contributed by atoms with van der Waals surface area (Å²) in [5.41, 5.74) is 0. The Morgan fingerprint density at radius 1 is 1.10 bits per heavy atom. The molecule has 0 aromatic heterocycles. The van der Waals surface area contributed by atoms with E-state index in [4.69, 9.17) is 0 Å². The van der Waals surface area contributed by atoms with Gasteiger partial charge in [-0.25, -0.2) is 0 Å². The van der Waals surface area contributed by atoms with E-state index < -0.39 is 0 Å². The van der Waals surface area contributed by atoms with Crippen molar-refractivity contribution in [2.24, 2.45) is 11.8 Å². The number of aliphatic hydroxyl groups excluding tert-OH is 1. The van der Waals surface area contributed by atoms with Crippen LogP contribution in [-0.2, 0) is 0 Å². The van der Waals surface area contributed by atoms with Crippen molar-refractivity contribution in [2.45, 2.75) is 39.2 Å². The molecule has 0 spiro atoms. The van der Waals surface area contributed by atoms with Crippen LogP contribution in [0.3, 0.4) is 0 Å². The third-order valence-corrected chi connectivity index (χ3v) is 2.48. The first-order chi connectivity index (χ1) is 4.22. The van der Waals surface area contributed by atoms with E-state index in [1.54, 1.807) is 0 Å². The molecule has 1 saturated carbocycles. The van der Waals surface area contributed by atoms with Gasteiger partial charge in [-0.05, 0) is 24.7 Å². The third-order valence-electron chi connectivity index (χ3n) is 2.48. The molecule has 0 bridgehead atoms. The van der Waals surface area contributed by atoms with E-state index in [0.717, 1.165) is 0 Å². The first-order valence-corrected chi connectivity index (χ1v) is 3.90. The number of aliphatic hydroxyl groups is 1. The molecule has 1 fully saturated rings. The van der Waals surface area contributed by atoms with Gasteiger partial charge in [0.1, 0.15) is 0 Å². The summed E-state index contributed by atoms with van der Waals surface area (Å²) in [5, 5.41) is 9.45. The number of rotatable bonds is 0. The maximum absolute atomic E-state index is 9.45. The molecule has 1 nitrogen and oxygen atoms in total. The van der Waals surface area contributed by atoms with Crippen LogP contribution in [0.25, 0.3) is 0 Å². The molecule has 0 aliphatic heterocycles. The van der Waals surface area contributed by atoms with Crippen LogP contribution in [0.4, 0.5) is 0 Å². The summed E-state index contributed by atoms with van der Waals surface area (Å²) in [6.45, 7) is 4.28. The Morgan fingerprint density at radius 3 is 1.80 bits per heavy atom. The molecule has 0 aromatic carbocycles. The van der Waals surface area contributed by atoms with Crippen LogP contribution in [-0.4, -0.2) is 40.8 Å². The van der Waals surface area contributed by atoms with Crippen molar-refractivity contribution in [3.8, 4) is 0 Å². The average Bonchev–Trinajstić information content (AvgIpc) is 1.83. The molecule has 1 rings (SSSR count). The van der Waals surface area contributed by atoms with E-state index in [-0.39, 0.29) is 35.7 Å². The normalized spacial score (nSPS) is 40.5. The average molecular weight is 152 g/mol. The molecule has 1 N–H and O–H groups in total. The van der Waals surface area contributed by atoms with E-state index in [1.165, 1.54) is 19.3 Å². The van der Waals surface area contributed by atoms with Gasteiger partial charge in [-0.2, -0.15) is 0 Å². The van der Waals surface area contributed by atoms with Crippen molar-refractivity contribution in [3.63, 3.8) is 0 Å². The summed E-state index contributed by atoms with van der Waals surface area (Å²) in [7, 11) is 0. The zero-order valence-corrected chi connectivity index (χ0v) is 6.30. The Bertz CT molecular complexity index is 85.3. The minimum absolute atomic E-state index is 0. The van der Waals surface area contributed by atoms with Crippen molar-refractivity contribution in [2.75, 3.05) is 0 Å². The predicted octanol–water partition coefficient (Wildman–Crippen LogP) is 1.15. The van der Waals surface area contributed by atoms with Gasteiger partial charge >= 0.3 is 29.6 Å². The fourth-order valence-corrected chi connectivity index (χ4v) is 1.66. The molecular formula is C8H17NaO. The second-order valence-corrected chi connectivity index (χ2v) is 3.38. The topological polar surface area (TPSA) is 20.2 Å². The first kappa shape index (κ1) is 11.0. The summed E-state index contributed by atoms with van der Waals surface area (Å²) < 4.78 is 0. The SMILES string of the molecule is CC1CCCC(C)C1O.[NaH]. The van der Waals surface area contributed by atoms with E-state index >= 15 is 0 Å². The van der Waals surface area contributed by atoms with Gasteiger partial charge in [-0.3, -0.25) is 0 Å². The summed E-state index contributed by atoms with van der Waals surface area (Å²) in [5.74, 6) is 1.07. The molecule has 2 unspecified atom stereocenters. The fourth-order valence-electron chi connectivity index (χ4n) is 1.66. The maximum atomic E-state index is 9.45. The zero-order chi connectivity index (χ0) is 6.85. The van der Waals surface area contributed by atoms with Crippen molar-refractivity contribution in [1.82, 2.24) is 0 Å². The quantitative estimate of drug-likeness (QED) is 0.516. The Hall–Kier alpha value is 0.960. The Balaban J connectivity index is 0.000000810. The summed E-state index contributed by atoms with van der Waals surface area (Å²) >= 11 is 0. The number of hydrogen-bond acceptors (Lipinski definition) is 1. The zero-order valence-electron chi connectivity index (χ0n) is 6.30. The fraction of sp³-hybridized carbons (Fsp3) is 1.00. The Kier molecular flexibility index (Phi) is 5.22. The van der Waals surface area contributed by atoms with Gasteiger partial charge < -0.3 is 5.11 Å². The molecule has 10 heavy (non-hydrogen) atoms. The van der Waals surface area contributed by atoms with Crippen LogP contribution in [0.1, 0.15) is 33.1 Å². The van der Waals surface area contributed by atoms with Crippen LogP contribution in [0.15, 0.2) is 0 Å². The molecule has 2 heteroatoms. The van der Waals surface area contributed by atoms with Crippen LogP contribution < -0.4 is 0 Å². The third kappa shape index (κ3) is 2.54. The van der Waals surface area contributed by atoms with E-state index in [1.807, 2.05) is 0 Å². The van der Waals surface area contributed by atoms with E-state index in [0.29, 0.717) is 11.8 Å². The molecule has 56 valence electrons. The Labute approximate surface area is 85.5 Å². The first-order valence-electron chi connectivity index (χ1n) is 3.90. The van der Waals surface area contributed by atoms with Gasteiger partial charge in [0, 0.05) is 0 Å². The van der Waals surface area contributed by atoms with Gasteiger partial charge in [0.05, 0.1) is 6.10 Å². The van der Waals surface area contributed by atoms with E-state index in [9.17, 15) is 5.11 Å². The van der Waals surface area contributed by atoms with Crippen molar-refractivity contribution in [3.05, 3.63) is 0 Å². The molecule has 1 aliphatic rings. The standard InChI is InChI=1S/C8H16O.Na.H/c1-6-4-3-5-7(2)8(6)9;;/h6-9H,3-5H2,1-2H3;;. The monoisotopic (exact) mass is 152 g/mol. The van der Waals surface area contributed by atoms with Crippen LogP contribution >= 0.6 is 0 Å². The molecule has 2 atom stereocenters. The van der Waals surface area contributed by atoms with Gasteiger partial charge in [-0.15, -0.1) is 0 Å². The van der Waals surface area contributed by atoms with Crippen molar-refractivity contribution < 1.29 is 5.11 Å². The molecule has 0 saturated heterocycles. The summed E-state index contributed by atoms with van der Waals surface area (Å²) in [6, 6.07) is 0. The molecule has 0 radical (unpaired) electrons. The van der Waals surface area contributed by atoms with Gasteiger partial charge in [0.15, 0.2) is 0 Å². The second kappa shape index (κ2) is 4.76. The van der Waals surface area contributed by atoms with E-state index in [2.05, 4.69) is 13.8 Å². The molecule has 0 aromatic rings. The second-order valence-electron chi connectivity index (χ2n) is 3.38. The minimum atomic E-state index is -0.0289. The molecule has 0 amide bonds. The molecule has 0 heterocycles. The van der Waals surface area contributed by atoms with Gasteiger partial charge in [-0.1, -0.05) is 20.3 Å². The van der Waals surface area contributed by atoms with Crippen molar-refractivity contribution >= 4 is 29.6 Å². The summed E-state index contributed by atoms with van der Waals surface area (Å²) in [4.78, 5) is 0. The number of hydrogen-bond donors (Lipinski definition) is 1. The van der Waals surface area contributed by atoms with Crippen LogP contribution in [0.5, 0.6) is 0 Å². The van der Waals surface area contributed by atoms with Gasteiger partial charge in [0.2, 0.25) is 0 Å². The predicted molar refractivity (Wildman–Crippen MR) is 45.3 cm³/mol. The summed E-state index contributed by atoms with van der Waals surface area (Å²) in [6.07, 6.45) is 3.70. The molecular weight excluding hydrogens is 135 g/mol.